The quantitative estimate of drug-likeness (QED) is 0.351. The van der Waals surface area contributed by atoms with Crippen LogP contribution in [0.3, 0.4) is 0 Å². The van der Waals surface area contributed by atoms with Crippen LogP contribution in [0.15, 0.2) is 4.79 Å². The zero-order valence-electron chi connectivity index (χ0n) is 6.79. The van der Waals surface area contributed by atoms with Crippen molar-refractivity contribution in [1.29, 1.82) is 0 Å². The highest BCUT2D eigenvalue weighted by Crippen LogP contribution is 1.89. The molecule has 0 saturated carbocycles. The summed E-state index contributed by atoms with van der Waals surface area (Å²) in [7, 11) is 0. The van der Waals surface area contributed by atoms with Crippen LogP contribution < -0.4 is 5.56 Å². The van der Waals surface area contributed by atoms with Crippen LogP contribution in [-0.4, -0.2) is 33.8 Å². The summed E-state index contributed by atoms with van der Waals surface area (Å²) in [6.45, 7) is 1.63. The Kier molecular flexibility index (Phi) is 2.58. The Balaban J connectivity index is 2.86. The number of nitrogens with one attached hydrogen (secondary N) is 2. The Morgan fingerprint density at radius 2 is 2.23 bits per heavy atom. The first-order valence-corrected chi connectivity index (χ1v) is 3.51. The molecule has 0 unspecified atom stereocenters. The van der Waals surface area contributed by atoms with Crippen molar-refractivity contribution in [3.63, 3.8) is 0 Å². The molecule has 0 amide bonds. The van der Waals surface area contributed by atoms with E-state index in [2.05, 4.69) is 15.0 Å². The van der Waals surface area contributed by atoms with E-state index in [0.29, 0.717) is 0 Å². The lowest BCUT2D eigenvalue weighted by atomic mass is 10.3. The van der Waals surface area contributed by atoms with Gasteiger partial charge in [-0.25, -0.2) is 15.1 Å². The van der Waals surface area contributed by atoms with Gasteiger partial charge in [-0.2, -0.15) is 0 Å². The molecule has 0 fully saturated rings. The molecule has 0 radical (unpaired) electrons. The summed E-state index contributed by atoms with van der Waals surface area (Å²) >= 11 is 0. The SMILES string of the molecule is CCOC(=O)C(=O)c1n[nH][nH]c1=O. The van der Waals surface area contributed by atoms with Gasteiger partial charge in [0.15, 0.2) is 0 Å². The Morgan fingerprint density at radius 1 is 1.54 bits per heavy atom. The van der Waals surface area contributed by atoms with Gasteiger partial charge in [0.25, 0.3) is 11.3 Å². The molecule has 0 aliphatic rings. The number of rotatable bonds is 3. The molecule has 0 spiro atoms. The van der Waals surface area contributed by atoms with Gasteiger partial charge in [0.2, 0.25) is 5.69 Å². The standard InChI is InChI=1S/C6H7N3O4/c1-2-13-6(12)4(10)3-5(11)8-9-7-3/h2H2,1H3,(H2,7,8,9,11). The van der Waals surface area contributed by atoms with Gasteiger partial charge in [0, 0.05) is 0 Å². The van der Waals surface area contributed by atoms with Gasteiger partial charge in [-0.3, -0.25) is 9.59 Å². The number of hydrogen-bond donors (Lipinski definition) is 2. The van der Waals surface area contributed by atoms with Crippen molar-refractivity contribution >= 4 is 11.8 Å². The average molecular weight is 185 g/mol. The van der Waals surface area contributed by atoms with Gasteiger partial charge >= 0.3 is 5.97 Å². The highest BCUT2D eigenvalue weighted by Gasteiger charge is 2.22. The summed E-state index contributed by atoms with van der Waals surface area (Å²) in [5.41, 5.74) is -1.23. The van der Waals surface area contributed by atoms with Crippen LogP contribution in [0.25, 0.3) is 0 Å². The van der Waals surface area contributed by atoms with Crippen molar-refractivity contribution in [2.45, 2.75) is 6.92 Å². The molecule has 7 nitrogen and oxygen atoms in total. The first kappa shape index (κ1) is 9.17. The van der Waals surface area contributed by atoms with Gasteiger partial charge in [-0.15, -0.1) is 5.10 Å². The smallest absolute Gasteiger partial charge is 0.381 e. The summed E-state index contributed by atoms with van der Waals surface area (Å²) in [5.74, 6) is -2.13. The first-order chi connectivity index (χ1) is 6.16. The number of aromatic nitrogens is 3. The molecule has 1 aromatic heterocycles. The largest absolute Gasteiger partial charge is 0.460 e. The first-order valence-electron chi connectivity index (χ1n) is 3.51. The normalized spacial score (nSPS) is 9.62. The van der Waals surface area contributed by atoms with Crippen molar-refractivity contribution in [3.05, 3.63) is 16.0 Å². The van der Waals surface area contributed by atoms with Crippen LogP contribution in [0.2, 0.25) is 0 Å². The van der Waals surface area contributed by atoms with E-state index >= 15 is 0 Å². The summed E-state index contributed by atoms with van der Waals surface area (Å²) in [6, 6.07) is 0. The lowest BCUT2D eigenvalue weighted by Crippen LogP contribution is -2.23. The van der Waals surface area contributed by atoms with E-state index in [1.54, 1.807) is 6.92 Å². The number of ether oxygens (including phenoxy) is 1. The van der Waals surface area contributed by atoms with Crippen molar-refractivity contribution in [2.75, 3.05) is 6.61 Å². The Labute approximate surface area is 72.1 Å². The Morgan fingerprint density at radius 3 is 2.69 bits per heavy atom. The molecule has 7 heteroatoms. The maximum Gasteiger partial charge on any atom is 0.381 e. The lowest BCUT2D eigenvalue weighted by Gasteiger charge is -1.95. The number of ketones is 1. The minimum absolute atomic E-state index is 0.0763. The lowest BCUT2D eigenvalue weighted by molar-refractivity contribution is -0.137. The Hall–Kier alpha value is -1.92. The fraction of sp³-hybridized carbons (Fsp3) is 0.333. The average Bonchev–Trinajstić information content (AvgIpc) is 2.50. The molecule has 0 saturated heterocycles. The van der Waals surface area contributed by atoms with E-state index in [1.807, 2.05) is 5.10 Å². The zero-order valence-corrected chi connectivity index (χ0v) is 6.79. The van der Waals surface area contributed by atoms with Crippen LogP contribution in [-0.2, 0) is 9.53 Å². The number of Topliss-reactive ketones (excluding diaryl/α,β-unsaturated/α-hetero) is 1. The predicted octanol–water partition coefficient (Wildman–Crippen LogP) is -1.16. The number of aromatic amines is 2. The van der Waals surface area contributed by atoms with Crippen LogP contribution in [0, 0.1) is 0 Å². The highest BCUT2D eigenvalue weighted by molar-refractivity contribution is 6.39. The number of hydrogen-bond acceptors (Lipinski definition) is 5. The third kappa shape index (κ3) is 1.81. The molecule has 0 bridgehead atoms. The van der Waals surface area contributed by atoms with Crippen molar-refractivity contribution in [1.82, 2.24) is 15.4 Å². The van der Waals surface area contributed by atoms with Crippen molar-refractivity contribution in [3.8, 4) is 0 Å². The van der Waals surface area contributed by atoms with E-state index in [1.165, 1.54) is 0 Å². The zero-order chi connectivity index (χ0) is 9.84. The fourth-order valence-electron chi connectivity index (χ4n) is 0.692. The Bertz CT molecular complexity index is 377. The molecule has 2 N–H and O–H groups in total. The van der Waals surface area contributed by atoms with Crippen molar-refractivity contribution in [2.24, 2.45) is 0 Å². The maximum absolute atomic E-state index is 11.0. The van der Waals surface area contributed by atoms with E-state index in [-0.39, 0.29) is 6.61 Å². The van der Waals surface area contributed by atoms with Gasteiger partial charge in [-0.05, 0) is 6.92 Å². The summed E-state index contributed by atoms with van der Waals surface area (Å²) in [6.07, 6.45) is 0. The van der Waals surface area contributed by atoms with Crippen LogP contribution >= 0.6 is 0 Å². The molecule has 1 rings (SSSR count). The molecule has 0 aliphatic heterocycles. The van der Waals surface area contributed by atoms with Gasteiger partial charge in [-0.1, -0.05) is 0 Å². The van der Waals surface area contributed by atoms with Crippen LogP contribution in [0.5, 0.6) is 0 Å². The summed E-state index contributed by atoms with van der Waals surface area (Å²) in [4.78, 5) is 32.6. The topological polar surface area (TPSA) is 105 Å². The molecule has 70 valence electrons. The highest BCUT2D eigenvalue weighted by atomic mass is 16.5. The fourth-order valence-corrected chi connectivity index (χ4v) is 0.692. The molecular weight excluding hydrogens is 178 g/mol. The minimum atomic E-state index is -1.08. The second-order valence-electron chi connectivity index (χ2n) is 2.08. The second kappa shape index (κ2) is 3.65. The third-order valence-electron chi connectivity index (χ3n) is 1.23. The van der Waals surface area contributed by atoms with E-state index in [4.69, 9.17) is 0 Å². The van der Waals surface area contributed by atoms with Crippen molar-refractivity contribution < 1.29 is 14.3 Å². The van der Waals surface area contributed by atoms with E-state index < -0.39 is 23.0 Å². The van der Waals surface area contributed by atoms with E-state index in [9.17, 15) is 14.4 Å². The third-order valence-corrected chi connectivity index (χ3v) is 1.23. The monoisotopic (exact) mass is 185 g/mol. The number of carbonyl (C=O) groups excluding carboxylic acids is 2. The predicted molar refractivity (Wildman–Crippen MR) is 40.2 cm³/mol. The summed E-state index contributed by atoms with van der Waals surface area (Å²) in [5, 5.41) is 7.36. The van der Waals surface area contributed by atoms with Gasteiger partial charge in [0.05, 0.1) is 6.61 Å². The number of esters is 1. The molecule has 1 aromatic rings. The number of nitrogens with zero attached hydrogens (tertiary/aromatic N) is 1. The molecule has 1 heterocycles. The maximum atomic E-state index is 11.0. The molecule has 0 atom stereocenters. The number of carbonyl (C=O) groups is 2. The van der Waals surface area contributed by atoms with E-state index in [0.717, 1.165) is 0 Å². The second-order valence-corrected chi connectivity index (χ2v) is 2.08. The molecule has 0 aliphatic carbocycles. The van der Waals surface area contributed by atoms with Gasteiger partial charge in [0.1, 0.15) is 0 Å². The molecule has 0 aromatic carbocycles. The minimum Gasteiger partial charge on any atom is -0.460 e. The molecular formula is C6H7N3O4. The number of H-pyrrole nitrogens is 2. The van der Waals surface area contributed by atoms with Crippen LogP contribution in [0.4, 0.5) is 0 Å². The van der Waals surface area contributed by atoms with Gasteiger partial charge < -0.3 is 4.74 Å². The van der Waals surface area contributed by atoms with Crippen LogP contribution in [0.1, 0.15) is 17.4 Å². The molecule has 13 heavy (non-hydrogen) atoms. The summed E-state index contributed by atoms with van der Waals surface area (Å²) < 4.78 is 4.39.